The van der Waals surface area contributed by atoms with Crippen molar-refractivity contribution >= 4 is 5.91 Å². The van der Waals surface area contributed by atoms with E-state index in [1.807, 2.05) is 24.3 Å². The Hall–Kier alpha value is -1.43. The highest BCUT2D eigenvalue weighted by Gasteiger charge is 2.16. The fourth-order valence-corrected chi connectivity index (χ4v) is 1.99. The summed E-state index contributed by atoms with van der Waals surface area (Å²) in [6.45, 7) is 2.80. The molecule has 0 spiro atoms. The molecule has 19 heavy (non-hydrogen) atoms. The Morgan fingerprint density at radius 3 is 2.74 bits per heavy atom. The van der Waals surface area contributed by atoms with Crippen LogP contribution in [0.1, 0.15) is 17.5 Å². The number of carbonyl (C=O) groups is 1. The summed E-state index contributed by atoms with van der Waals surface area (Å²) >= 11 is 0. The third-order valence-electron chi connectivity index (χ3n) is 3.11. The minimum absolute atomic E-state index is 0.0000604. The molecule has 5 heteroatoms. The van der Waals surface area contributed by atoms with Crippen molar-refractivity contribution in [3.8, 4) is 0 Å². The van der Waals surface area contributed by atoms with E-state index in [0.717, 1.165) is 24.2 Å². The summed E-state index contributed by atoms with van der Waals surface area (Å²) in [7, 11) is 0. The number of benzene rings is 1. The molecule has 1 saturated heterocycles. The Morgan fingerprint density at radius 1 is 1.37 bits per heavy atom. The number of aliphatic hydroxyl groups is 1. The maximum absolute atomic E-state index is 11.7. The number of rotatable bonds is 5. The van der Waals surface area contributed by atoms with Crippen LogP contribution in [0.5, 0.6) is 0 Å². The van der Waals surface area contributed by atoms with Crippen molar-refractivity contribution in [1.29, 1.82) is 0 Å². The van der Waals surface area contributed by atoms with Crippen LogP contribution in [-0.4, -0.2) is 36.8 Å². The van der Waals surface area contributed by atoms with Gasteiger partial charge in [0, 0.05) is 19.6 Å². The van der Waals surface area contributed by atoms with E-state index in [1.54, 1.807) is 0 Å². The molecule has 1 atom stereocenters. The number of hydrogen-bond donors (Lipinski definition) is 3. The van der Waals surface area contributed by atoms with Crippen molar-refractivity contribution in [2.45, 2.75) is 25.7 Å². The Labute approximate surface area is 113 Å². The van der Waals surface area contributed by atoms with Crippen LogP contribution < -0.4 is 10.6 Å². The molecule has 1 aliphatic heterocycles. The van der Waals surface area contributed by atoms with Crippen molar-refractivity contribution in [2.24, 2.45) is 0 Å². The second kappa shape index (κ2) is 7.23. The normalized spacial score (nSPS) is 19.1. The van der Waals surface area contributed by atoms with Crippen LogP contribution >= 0.6 is 0 Å². The maximum atomic E-state index is 11.7. The number of nitrogens with one attached hydrogen (secondary N) is 2. The van der Waals surface area contributed by atoms with E-state index in [0.29, 0.717) is 19.6 Å². The van der Waals surface area contributed by atoms with Crippen LogP contribution in [-0.2, 0) is 22.7 Å². The lowest BCUT2D eigenvalue weighted by atomic mass is 10.1. The van der Waals surface area contributed by atoms with Gasteiger partial charge in [-0.3, -0.25) is 4.79 Å². The van der Waals surface area contributed by atoms with Gasteiger partial charge in [0.2, 0.25) is 5.91 Å². The summed E-state index contributed by atoms with van der Waals surface area (Å²) in [5.74, 6) is -0.0000604. The van der Waals surface area contributed by atoms with Crippen molar-refractivity contribution in [1.82, 2.24) is 10.6 Å². The first-order chi connectivity index (χ1) is 9.28. The van der Waals surface area contributed by atoms with Crippen LogP contribution in [0.15, 0.2) is 24.3 Å². The Kier molecular flexibility index (Phi) is 5.32. The van der Waals surface area contributed by atoms with Crippen LogP contribution in [0, 0.1) is 0 Å². The minimum Gasteiger partial charge on any atom is -0.392 e. The smallest absolute Gasteiger partial charge is 0.222 e. The van der Waals surface area contributed by atoms with Gasteiger partial charge in [0.15, 0.2) is 0 Å². The van der Waals surface area contributed by atoms with E-state index < -0.39 is 0 Å². The number of morpholine rings is 1. The number of amides is 1. The molecule has 104 valence electrons. The van der Waals surface area contributed by atoms with Crippen LogP contribution in [0.3, 0.4) is 0 Å². The molecule has 1 amide bonds. The van der Waals surface area contributed by atoms with Crippen LogP contribution in [0.25, 0.3) is 0 Å². The summed E-state index contributed by atoms with van der Waals surface area (Å²) in [6, 6.07) is 7.53. The summed E-state index contributed by atoms with van der Waals surface area (Å²) in [6.07, 6.45) is 0.368. The van der Waals surface area contributed by atoms with E-state index in [9.17, 15) is 4.79 Å². The minimum atomic E-state index is -0.0227. The molecule has 0 radical (unpaired) electrons. The molecule has 0 aromatic heterocycles. The second-order valence-corrected chi connectivity index (χ2v) is 4.65. The molecule has 1 aromatic rings. The van der Waals surface area contributed by atoms with Crippen LogP contribution in [0.2, 0.25) is 0 Å². The molecule has 3 N–H and O–H groups in total. The van der Waals surface area contributed by atoms with Gasteiger partial charge in [-0.2, -0.15) is 0 Å². The predicted molar refractivity (Wildman–Crippen MR) is 71.4 cm³/mol. The maximum Gasteiger partial charge on any atom is 0.222 e. The molecule has 5 nitrogen and oxygen atoms in total. The number of hydrogen-bond acceptors (Lipinski definition) is 4. The summed E-state index contributed by atoms with van der Waals surface area (Å²) in [5.41, 5.74) is 1.89. The average molecular weight is 264 g/mol. The van der Waals surface area contributed by atoms with Crippen LogP contribution in [0.4, 0.5) is 0 Å². The zero-order valence-corrected chi connectivity index (χ0v) is 10.9. The van der Waals surface area contributed by atoms with E-state index in [1.165, 1.54) is 0 Å². The summed E-state index contributed by atoms with van der Waals surface area (Å²) < 4.78 is 5.48. The molecule has 1 fully saturated rings. The van der Waals surface area contributed by atoms with Gasteiger partial charge in [0.05, 0.1) is 25.7 Å². The fourth-order valence-electron chi connectivity index (χ4n) is 1.99. The van der Waals surface area contributed by atoms with Gasteiger partial charge in [-0.1, -0.05) is 24.3 Å². The number of carbonyl (C=O) groups excluding carboxylic acids is 1. The first kappa shape index (κ1) is 14.0. The fraction of sp³-hybridized carbons (Fsp3) is 0.500. The van der Waals surface area contributed by atoms with Crippen molar-refractivity contribution in [2.75, 3.05) is 19.7 Å². The zero-order valence-electron chi connectivity index (χ0n) is 10.9. The van der Waals surface area contributed by atoms with Gasteiger partial charge in [0.25, 0.3) is 0 Å². The zero-order chi connectivity index (χ0) is 13.5. The number of ether oxygens (including phenoxy) is 1. The molecule has 2 rings (SSSR count). The average Bonchev–Trinajstić information content (AvgIpc) is 2.47. The molecule has 1 aliphatic rings. The lowest BCUT2D eigenvalue weighted by molar-refractivity contribution is -0.124. The first-order valence-electron chi connectivity index (χ1n) is 6.55. The molecular weight excluding hydrogens is 244 g/mol. The van der Waals surface area contributed by atoms with Gasteiger partial charge in [-0.05, 0) is 11.1 Å². The molecule has 1 unspecified atom stereocenters. The Morgan fingerprint density at radius 2 is 2.11 bits per heavy atom. The lowest BCUT2D eigenvalue weighted by Gasteiger charge is -2.23. The number of aliphatic hydroxyl groups excluding tert-OH is 1. The molecular formula is C14H20N2O3. The Balaban J connectivity index is 1.72. The van der Waals surface area contributed by atoms with Gasteiger partial charge in [0.1, 0.15) is 0 Å². The topological polar surface area (TPSA) is 70.6 Å². The van der Waals surface area contributed by atoms with Crippen molar-refractivity contribution < 1.29 is 14.6 Å². The quantitative estimate of drug-likeness (QED) is 0.709. The predicted octanol–water partition coefficient (Wildman–Crippen LogP) is 0.174. The molecule has 1 heterocycles. The SMILES string of the molecule is O=C(CC1CNCCO1)NCc1ccc(CO)cc1. The van der Waals surface area contributed by atoms with Crippen molar-refractivity contribution in [3.05, 3.63) is 35.4 Å². The first-order valence-corrected chi connectivity index (χ1v) is 6.55. The molecule has 0 saturated carbocycles. The van der Waals surface area contributed by atoms with Crippen molar-refractivity contribution in [3.63, 3.8) is 0 Å². The second-order valence-electron chi connectivity index (χ2n) is 4.65. The third-order valence-corrected chi connectivity index (χ3v) is 3.11. The molecule has 1 aromatic carbocycles. The largest absolute Gasteiger partial charge is 0.392 e. The molecule has 0 aliphatic carbocycles. The Bertz CT molecular complexity index is 400. The van der Waals surface area contributed by atoms with Gasteiger partial charge >= 0.3 is 0 Å². The highest BCUT2D eigenvalue weighted by atomic mass is 16.5. The van der Waals surface area contributed by atoms with Gasteiger partial charge in [-0.25, -0.2) is 0 Å². The molecule has 0 bridgehead atoms. The van der Waals surface area contributed by atoms with Gasteiger partial charge in [-0.15, -0.1) is 0 Å². The van der Waals surface area contributed by atoms with E-state index in [4.69, 9.17) is 9.84 Å². The lowest BCUT2D eigenvalue weighted by Crippen LogP contribution is -2.41. The summed E-state index contributed by atoms with van der Waals surface area (Å²) in [5, 5.41) is 15.0. The highest BCUT2D eigenvalue weighted by molar-refractivity contribution is 5.76. The van der Waals surface area contributed by atoms with Gasteiger partial charge < -0.3 is 20.5 Å². The highest BCUT2D eigenvalue weighted by Crippen LogP contribution is 2.05. The standard InChI is InChI=1S/C14H20N2O3/c17-10-12-3-1-11(2-4-12)8-16-14(18)7-13-9-15-5-6-19-13/h1-4,13,15,17H,5-10H2,(H,16,18). The van der Waals surface area contributed by atoms with E-state index in [-0.39, 0.29) is 18.6 Å². The van der Waals surface area contributed by atoms with E-state index >= 15 is 0 Å². The van der Waals surface area contributed by atoms with E-state index in [2.05, 4.69) is 10.6 Å². The summed E-state index contributed by atoms with van der Waals surface area (Å²) in [4.78, 5) is 11.7. The monoisotopic (exact) mass is 264 g/mol. The third kappa shape index (κ3) is 4.63.